The molecule has 0 aliphatic heterocycles. The van der Waals surface area contributed by atoms with Crippen LogP contribution in [0, 0.1) is 0 Å². The fourth-order valence-corrected chi connectivity index (χ4v) is 2.32. The molecule has 0 aromatic heterocycles. The van der Waals surface area contributed by atoms with Crippen LogP contribution >= 0.6 is 0 Å². The molecule has 1 aliphatic carbocycles. The maximum Gasteiger partial charge on any atom is 0.158 e. The van der Waals surface area contributed by atoms with Crippen LogP contribution < -0.4 is 0 Å². The van der Waals surface area contributed by atoms with E-state index in [2.05, 4.69) is 37.3 Å². The zero-order valence-corrected chi connectivity index (χ0v) is 10.5. The number of ketones is 1. The largest absolute Gasteiger partial charge is 0.295 e. The monoisotopic (exact) mass is 228 g/mol. The molecule has 17 heavy (non-hydrogen) atoms. The Kier molecular flexibility index (Phi) is 4.13. The lowest BCUT2D eigenvalue weighted by atomic mass is 9.92. The minimum Gasteiger partial charge on any atom is -0.295 e. The normalized spacial score (nSPS) is 18.6. The predicted molar refractivity (Wildman–Crippen MR) is 71.9 cm³/mol. The number of allylic oxidation sites excluding steroid dienone is 1. The first kappa shape index (κ1) is 12.1. The number of Topliss-reactive ketones (excluding diaryl/α,β-unsaturated/α-hetero) is 1. The highest BCUT2D eigenvalue weighted by Gasteiger charge is 2.14. The lowest BCUT2D eigenvalue weighted by Crippen LogP contribution is -2.07. The molecule has 1 aliphatic rings. The lowest BCUT2D eigenvalue weighted by molar-refractivity contribution is -0.116. The van der Waals surface area contributed by atoms with Crippen molar-refractivity contribution in [3.63, 3.8) is 0 Å². The van der Waals surface area contributed by atoms with Crippen LogP contribution in [-0.2, 0) is 11.2 Å². The van der Waals surface area contributed by atoms with E-state index >= 15 is 0 Å². The minimum absolute atomic E-state index is 0.342. The third-order valence-corrected chi connectivity index (χ3v) is 3.32. The average Bonchev–Trinajstić information content (AvgIpc) is 2.35. The van der Waals surface area contributed by atoms with Crippen molar-refractivity contribution in [2.24, 2.45) is 0 Å². The Morgan fingerprint density at radius 3 is 2.47 bits per heavy atom. The van der Waals surface area contributed by atoms with Crippen molar-refractivity contribution in [3.05, 3.63) is 41.0 Å². The number of benzene rings is 1. The summed E-state index contributed by atoms with van der Waals surface area (Å²) < 4.78 is 0. The van der Waals surface area contributed by atoms with Gasteiger partial charge >= 0.3 is 0 Å². The molecule has 1 heteroatoms. The molecule has 1 nitrogen and oxygen atoms in total. The number of carbonyl (C=O) groups excluding carboxylic acids is 1. The van der Waals surface area contributed by atoms with Crippen molar-refractivity contribution in [2.45, 2.75) is 45.4 Å². The van der Waals surface area contributed by atoms with E-state index in [1.54, 1.807) is 0 Å². The van der Waals surface area contributed by atoms with Crippen LogP contribution in [0.4, 0.5) is 0 Å². The number of aryl methyl sites for hydroxylation is 1. The first-order valence-corrected chi connectivity index (χ1v) is 6.62. The topological polar surface area (TPSA) is 17.1 Å². The highest BCUT2D eigenvalue weighted by molar-refractivity contribution is 6.00. The Hall–Kier alpha value is -1.37. The SMILES string of the molecule is CCCc1ccc(C=C2CCCCC2=O)cc1. The molecule has 1 aromatic carbocycles. The summed E-state index contributed by atoms with van der Waals surface area (Å²) in [4.78, 5) is 11.7. The van der Waals surface area contributed by atoms with Crippen molar-refractivity contribution in [2.75, 3.05) is 0 Å². The molecule has 0 heterocycles. The molecular weight excluding hydrogens is 208 g/mol. The van der Waals surface area contributed by atoms with Crippen LogP contribution in [0.1, 0.15) is 50.2 Å². The Balaban J connectivity index is 2.11. The maximum atomic E-state index is 11.7. The highest BCUT2D eigenvalue weighted by atomic mass is 16.1. The van der Waals surface area contributed by atoms with Gasteiger partial charge in [0.05, 0.1) is 0 Å². The van der Waals surface area contributed by atoms with Gasteiger partial charge in [-0.2, -0.15) is 0 Å². The highest BCUT2D eigenvalue weighted by Crippen LogP contribution is 2.22. The van der Waals surface area contributed by atoms with Gasteiger partial charge in [0, 0.05) is 6.42 Å². The summed E-state index contributed by atoms with van der Waals surface area (Å²) in [5.74, 6) is 0.342. The van der Waals surface area contributed by atoms with Crippen molar-refractivity contribution in [1.82, 2.24) is 0 Å². The summed E-state index contributed by atoms with van der Waals surface area (Å²) in [6.07, 6.45) is 8.29. The zero-order valence-electron chi connectivity index (χ0n) is 10.5. The fourth-order valence-electron chi connectivity index (χ4n) is 2.32. The van der Waals surface area contributed by atoms with Crippen molar-refractivity contribution in [1.29, 1.82) is 0 Å². The average molecular weight is 228 g/mol. The molecule has 1 fully saturated rings. The summed E-state index contributed by atoms with van der Waals surface area (Å²) in [6, 6.07) is 8.59. The molecule has 1 saturated carbocycles. The molecule has 0 N–H and O–H groups in total. The molecule has 1 aromatic rings. The maximum absolute atomic E-state index is 11.7. The van der Waals surface area contributed by atoms with Gasteiger partial charge in [-0.15, -0.1) is 0 Å². The van der Waals surface area contributed by atoms with Crippen LogP contribution in [0.5, 0.6) is 0 Å². The van der Waals surface area contributed by atoms with Crippen molar-refractivity contribution in [3.8, 4) is 0 Å². The van der Waals surface area contributed by atoms with Crippen LogP contribution in [0.2, 0.25) is 0 Å². The number of hydrogen-bond donors (Lipinski definition) is 0. The first-order valence-electron chi connectivity index (χ1n) is 6.62. The summed E-state index contributed by atoms with van der Waals surface area (Å²) in [7, 11) is 0. The molecular formula is C16H20O. The van der Waals surface area contributed by atoms with E-state index in [0.717, 1.165) is 43.2 Å². The molecule has 0 spiro atoms. The lowest BCUT2D eigenvalue weighted by Gasteiger charge is -2.12. The van der Waals surface area contributed by atoms with Gasteiger partial charge in [0.1, 0.15) is 0 Å². The second kappa shape index (κ2) is 5.81. The third-order valence-electron chi connectivity index (χ3n) is 3.32. The Morgan fingerprint density at radius 1 is 1.12 bits per heavy atom. The standard InChI is InChI=1S/C16H20O/c1-2-5-13-8-10-14(11-9-13)12-15-6-3-4-7-16(15)17/h8-12H,2-7H2,1H3. The van der Waals surface area contributed by atoms with Gasteiger partial charge in [0.15, 0.2) is 5.78 Å². The van der Waals surface area contributed by atoms with E-state index in [-0.39, 0.29) is 0 Å². The Labute approximate surface area is 104 Å². The second-order valence-corrected chi connectivity index (χ2v) is 4.79. The minimum atomic E-state index is 0.342. The number of hydrogen-bond acceptors (Lipinski definition) is 1. The molecule has 0 bridgehead atoms. The molecule has 90 valence electrons. The van der Waals surface area contributed by atoms with Gasteiger partial charge in [-0.05, 0) is 48.5 Å². The summed E-state index contributed by atoms with van der Waals surface area (Å²) in [5, 5.41) is 0. The Morgan fingerprint density at radius 2 is 1.82 bits per heavy atom. The zero-order chi connectivity index (χ0) is 12.1. The summed E-state index contributed by atoms with van der Waals surface area (Å²) in [6.45, 7) is 2.19. The van der Waals surface area contributed by atoms with Gasteiger partial charge < -0.3 is 0 Å². The van der Waals surface area contributed by atoms with E-state index < -0.39 is 0 Å². The first-order chi connectivity index (χ1) is 8.29. The summed E-state index contributed by atoms with van der Waals surface area (Å²) >= 11 is 0. The van der Waals surface area contributed by atoms with Gasteiger partial charge in [0.25, 0.3) is 0 Å². The summed E-state index contributed by atoms with van der Waals surface area (Å²) in [5.41, 5.74) is 3.55. The van der Waals surface area contributed by atoms with Gasteiger partial charge in [-0.1, -0.05) is 37.6 Å². The molecule has 0 saturated heterocycles. The van der Waals surface area contributed by atoms with Crippen LogP contribution in [0.3, 0.4) is 0 Å². The van der Waals surface area contributed by atoms with E-state index in [4.69, 9.17) is 0 Å². The fraction of sp³-hybridized carbons (Fsp3) is 0.438. The smallest absolute Gasteiger partial charge is 0.158 e. The van der Waals surface area contributed by atoms with Crippen molar-refractivity contribution >= 4 is 11.9 Å². The molecule has 0 unspecified atom stereocenters. The molecule has 0 radical (unpaired) electrons. The molecule has 2 rings (SSSR count). The molecule has 0 atom stereocenters. The van der Waals surface area contributed by atoms with E-state index in [1.165, 1.54) is 12.0 Å². The van der Waals surface area contributed by atoms with Crippen LogP contribution in [0.15, 0.2) is 29.8 Å². The van der Waals surface area contributed by atoms with E-state index in [1.807, 2.05) is 0 Å². The predicted octanol–water partition coefficient (Wildman–Crippen LogP) is 4.17. The van der Waals surface area contributed by atoms with Crippen LogP contribution in [0.25, 0.3) is 6.08 Å². The van der Waals surface area contributed by atoms with Gasteiger partial charge in [-0.3, -0.25) is 4.79 Å². The van der Waals surface area contributed by atoms with E-state index in [9.17, 15) is 4.79 Å². The quantitative estimate of drug-likeness (QED) is 0.710. The van der Waals surface area contributed by atoms with Crippen molar-refractivity contribution < 1.29 is 4.79 Å². The third kappa shape index (κ3) is 3.29. The van der Waals surface area contributed by atoms with E-state index in [0.29, 0.717) is 5.78 Å². The van der Waals surface area contributed by atoms with Gasteiger partial charge in [0.2, 0.25) is 0 Å². The second-order valence-electron chi connectivity index (χ2n) is 4.79. The van der Waals surface area contributed by atoms with Crippen LogP contribution in [-0.4, -0.2) is 5.78 Å². The number of rotatable bonds is 3. The Bertz CT molecular complexity index is 412. The number of carbonyl (C=O) groups is 1. The van der Waals surface area contributed by atoms with Gasteiger partial charge in [-0.25, -0.2) is 0 Å². The molecule has 0 amide bonds.